The molecule has 2 amide bonds. The van der Waals surface area contributed by atoms with Gasteiger partial charge in [0.1, 0.15) is 18.1 Å². The van der Waals surface area contributed by atoms with Gasteiger partial charge in [-0.1, -0.05) is 0 Å². The van der Waals surface area contributed by atoms with Crippen LogP contribution in [0.5, 0.6) is 5.75 Å². The average molecular weight is 340 g/mol. The Hall–Kier alpha value is -2.76. The van der Waals surface area contributed by atoms with Gasteiger partial charge in [0, 0.05) is 18.7 Å². The number of piperidine rings is 1. The molecule has 1 atom stereocenters. The molecule has 0 bridgehead atoms. The highest BCUT2D eigenvalue weighted by molar-refractivity contribution is 6.01. The maximum Gasteiger partial charge on any atom is 0.257 e. The number of furan rings is 1. The first-order valence-corrected chi connectivity index (χ1v) is 8.62. The van der Waals surface area contributed by atoms with Gasteiger partial charge in [-0.05, 0) is 49.1 Å². The summed E-state index contributed by atoms with van der Waals surface area (Å²) >= 11 is 0. The number of anilines is 1. The number of fused-ring (bicyclic) bond motifs is 1. The number of amides is 2. The van der Waals surface area contributed by atoms with E-state index in [9.17, 15) is 9.59 Å². The van der Waals surface area contributed by atoms with Crippen molar-refractivity contribution >= 4 is 17.5 Å². The third-order valence-electron chi connectivity index (χ3n) is 4.79. The molecule has 1 N–H and O–H groups in total. The highest BCUT2D eigenvalue weighted by Crippen LogP contribution is 2.28. The van der Waals surface area contributed by atoms with Crippen molar-refractivity contribution in [2.75, 3.05) is 18.5 Å². The number of rotatable bonds is 3. The van der Waals surface area contributed by atoms with Gasteiger partial charge in [0.25, 0.3) is 5.91 Å². The number of hydrogen-bond acceptors (Lipinski definition) is 4. The molecule has 0 radical (unpaired) electrons. The Morgan fingerprint density at radius 3 is 2.96 bits per heavy atom. The number of nitrogens with one attached hydrogen (secondary N) is 1. The van der Waals surface area contributed by atoms with E-state index in [1.54, 1.807) is 11.0 Å². The maximum absolute atomic E-state index is 12.8. The molecule has 2 aromatic rings. The number of hydrogen-bond donors (Lipinski definition) is 1. The van der Waals surface area contributed by atoms with E-state index in [0.29, 0.717) is 25.1 Å². The number of carbonyl (C=O) groups is 2. The lowest BCUT2D eigenvalue weighted by Gasteiger charge is -2.34. The summed E-state index contributed by atoms with van der Waals surface area (Å²) in [6, 6.07) is 6.85. The maximum atomic E-state index is 12.8. The van der Waals surface area contributed by atoms with Crippen molar-refractivity contribution in [3.05, 3.63) is 47.9 Å². The first kappa shape index (κ1) is 15.7. The molecular weight excluding hydrogens is 320 g/mol. The van der Waals surface area contributed by atoms with Gasteiger partial charge in [0.05, 0.1) is 18.4 Å². The average Bonchev–Trinajstić information content (AvgIpc) is 3.32. The van der Waals surface area contributed by atoms with Crippen LogP contribution in [0.3, 0.4) is 0 Å². The lowest BCUT2D eigenvalue weighted by Crippen LogP contribution is -2.49. The summed E-state index contributed by atoms with van der Waals surface area (Å²) in [5.41, 5.74) is 2.33. The molecule has 0 saturated carbocycles. The molecule has 3 heterocycles. The fraction of sp³-hybridized carbons (Fsp3) is 0.368. The molecule has 4 rings (SSSR count). The van der Waals surface area contributed by atoms with Gasteiger partial charge in [0.2, 0.25) is 5.91 Å². The Labute approximate surface area is 145 Å². The van der Waals surface area contributed by atoms with E-state index in [2.05, 4.69) is 5.32 Å². The molecule has 25 heavy (non-hydrogen) atoms. The van der Waals surface area contributed by atoms with Crippen LogP contribution in [0.1, 0.15) is 35.2 Å². The van der Waals surface area contributed by atoms with Gasteiger partial charge in [-0.25, -0.2) is 0 Å². The summed E-state index contributed by atoms with van der Waals surface area (Å²) in [7, 11) is 0. The summed E-state index contributed by atoms with van der Waals surface area (Å²) in [5, 5.41) is 2.96. The Morgan fingerprint density at radius 1 is 1.20 bits per heavy atom. The minimum atomic E-state index is -0.458. The summed E-state index contributed by atoms with van der Waals surface area (Å²) in [5.74, 6) is 0.582. The summed E-state index contributed by atoms with van der Waals surface area (Å²) in [6.45, 7) is 1.27. The highest BCUT2D eigenvalue weighted by atomic mass is 16.5. The molecule has 1 aromatic heterocycles. The van der Waals surface area contributed by atoms with Crippen LogP contribution < -0.4 is 10.1 Å². The molecule has 6 nitrogen and oxygen atoms in total. The standard InChI is InChI=1S/C19H20N2O4/c22-18(20-15-4-5-17-13(11-15)7-10-25-17)16-3-1-2-8-21(16)19(23)14-6-9-24-12-14/h4-6,9,11-12,16H,1-3,7-8,10H2,(H,20,22)/t16-/m0/s1. The quantitative estimate of drug-likeness (QED) is 0.932. The van der Waals surface area contributed by atoms with Crippen molar-refractivity contribution in [3.8, 4) is 5.75 Å². The van der Waals surface area contributed by atoms with Crippen molar-refractivity contribution in [2.24, 2.45) is 0 Å². The van der Waals surface area contributed by atoms with Crippen molar-refractivity contribution in [1.82, 2.24) is 4.90 Å². The van der Waals surface area contributed by atoms with E-state index >= 15 is 0 Å². The molecule has 1 fully saturated rings. The van der Waals surface area contributed by atoms with Crippen LogP contribution in [-0.2, 0) is 11.2 Å². The van der Waals surface area contributed by atoms with Crippen LogP contribution >= 0.6 is 0 Å². The second-order valence-electron chi connectivity index (χ2n) is 6.43. The topological polar surface area (TPSA) is 71.8 Å². The Morgan fingerprint density at radius 2 is 2.12 bits per heavy atom. The summed E-state index contributed by atoms with van der Waals surface area (Å²) in [4.78, 5) is 27.1. The van der Waals surface area contributed by atoms with Gasteiger partial charge < -0.3 is 19.4 Å². The van der Waals surface area contributed by atoms with Crippen LogP contribution in [0, 0.1) is 0 Å². The molecule has 1 saturated heterocycles. The second-order valence-corrected chi connectivity index (χ2v) is 6.43. The molecule has 0 spiro atoms. The van der Waals surface area contributed by atoms with Crippen LogP contribution in [-0.4, -0.2) is 35.9 Å². The molecule has 130 valence electrons. The Bertz CT molecular complexity index is 785. The molecule has 6 heteroatoms. The van der Waals surface area contributed by atoms with Crippen LogP contribution in [0.25, 0.3) is 0 Å². The number of ether oxygens (including phenoxy) is 1. The smallest absolute Gasteiger partial charge is 0.257 e. The molecule has 2 aliphatic heterocycles. The molecule has 1 aromatic carbocycles. The van der Waals surface area contributed by atoms with E-state index in [-0.39, 0.29) is 11.8 Å². The second kappa shape index (κ2) is 6.63. The Kier molecular flexibility index (Phi) is 4.17. The third kappa shape index (κ3) is 3.12. The molecule has 0 aliphatic carbocycles. The van der Waals surface area contributed by atoms with Crippen LogP contribution in [0.2, 0.25) is 0 Å². The first-order valence-electron chi connectivity index (χ1n) is 8.62. The largest absolute Gasteiger partial charge is 0.493 e. The fourth-order valence-corrected chi connectivity index (χ4v) is 3.49. The SMILES string of the molecule is O=C(Nc1ccc2c(c1)CCO2)[C@@H]1CCCCN1C(=O)c1ccoc1. The van der Waals surface area contributed by atoms with Crippen molar-refractivity contribution in [2.45, 2.75) is 31.7 Å². The van der Waals surface area contributed by atoms with Gasteiger partial charge >= 0.3 is 0 Å². The lowest BCUT2D eigenvalue weighted by molar-refractivity contribution is -0.121. The van der Waals surface area contributed by atoms with E-state index in [4.69, 9.17) is 9.15 Å². The monoisotopic (exact) mass is 340 g/mol. The van der Waals surface area contributed by atoms with Gasteiger partial charge in [0.15, 0.2) is 0 Å². The fourth-order valence-electron chi connectivity index (χ4n) is 3.49. The molecular formula is C19H20N2O4. The third-order valence-corrected chi connectivity index (χ3v) is 4.79. The zero-order valence-electron chi connectivity index (χ0n) is 13.9. The number of likely N-dealkylation sites (tertiary alicyclic amines) is 1. The minimum absolute atomic E-state index is 0.143. The number of benzene rings is 1. The predicted octanol–water partition coefficient (Wildman–Crippen LogP) is 2.85. The van der Waals surface area contributed by atoms with E-state index in [1.165, 1.54) is 12.5 Å². The zero-order chi connectivity index (χ0) is 17.2. The van der Waals surface area contributed by atoms with E-state index < -0.39 is 6.04 Å². The molecule has 2 aliphatic rings. The lowest BCUT2D eigenvalue weighted by atomic mass is 10.00. The van der Waals surface area contributed by atoms with Crippen molar-refractivity contribution in [1.29, 1.82) is 0 Å². The Balaban J connectivity index is 1.50. The van der Waals surface area contributed by atoms with E-state index in [1.807, 2.05) is 18.2 Å². The zero-order valence-corrected chi connectivity index (χ0v) is 13.9. The van der Waals surface area contributed by atoms with E-state index in [0.717, 1.165) is 36.3 Å². The van der Waals surface area contributed by atoms with Crippen molar-refractivity contribution in [3.63, 3.8) is 0 Å². The normalized spacial score (nSPS) is 19.2. The van der Waals surface area contributed by atoms with Crippen LogP contribution in [0.4, 0.5) is 5.69 Å². The number of carbonyl (C=O) groups excluding carboxylic acids is 2. The highest BCUT2D eigenvalue weighted by Gasteiger charge is 2.33. The van der Waals surface area contributed by atoms with Gasteiger partial charge in [-0.3, -0.25) is 9.59 Å². The minimum Gasteiger partial charge on any atom is -0.493 e. The summed E-state index contributed by atoms with van der Waals surface area (Å²) in [6.07, 6.45) is 6.26. The van der Waals surface area contributed by atoms with Crippen LogP contribution in [0.15, 0.2) is 41.2 Å². The summed E-state index contributed by atoms with van der Waals surface area (Å²) < 4.78 is 10.5. The first-order chi connectivity index (χ1) is 12.2. The van der Waals surface area contributed by atoms with Gasteiger partial charge in [-0.2, -0.15) is 0 Å². The molecule has 0 unspecified atom stereocenters. The van der Waals surface area contributed by atoms with Gasteiger partial charge in [-0.15, -0.1) is 0 Å². The number of nitrogens with zero attached hydrogens (tertiary/aromatic N) is 1. The van der Waals surface area contributed by atoms with Crippen molar-refractivity contribution < 1.29 is 18.7 Å². The predicted molar refractivity (Wildman–Crippen MR) is 91.7 cm³/mol.